The van der Waals surface area contributed by atoms with E-state index in [1.807, 2.05) is 0 Å². The molecule has 0 spiro atoms. The molecule has 0 atom stereocenters. The van der Waals surface area contributed by atoms with Gasteiger partial charge in [-0.25, -0.2) is 8.42 Å². The van der Waals surface area contributed by atoms with Gasteiger partial charge in [0.25, 0.3) is 0 Å². The van der Waals surface area contributed by atoms with Crippen molar-refractivity contribution in [3.63, 3.8) is 0 Å². The van der Waals surface area contributed by atoms with Crippen LogP contribution in [0.15, 0.2) is 17.6 Å². The molecule has 0 bridgehead atoms. The summed E-state index contributed by atoms with van der Waals surface area (Å²) in [6, 6.07) is 0. The van der Waals surface area contributed by atoms with Gasteiger partial charge in [0.05, 0.1) is 11.4 Å². The molecule has 2 heterocycles. The molecule has 1 amide bonds. The third kappa shape index (κ3) is 3.22. The Morgan fingerprint density at radius 3 is 2.59 bits per heavy atom. The number of aromatic amines is 1. The number of amides is 1. The number of nitrogens with zero attached hydrogens (tertiary/aromatic N) is 2. The van der Waals surface area contributed by atoms with Crippen molar-refractivity contribution in [2.75, 3.05) is 19.6 Å². The van der Waals surface area contributed by atoms with Gasteiger partial charge in [-0.1, -0.05) is 6.08 Å². The SMILES string of the molecule is C=CCNC(=O)C1CCN(S(=O)(=O)c2c(C)n[nH]c2C)CC1. The molecule has 1 saturated heterocycles. The van der Waals surface area contributed by atoms with Gasteiger partial charge in [0.15, 0.2) is 0 Å². The Bertz CT molecular complexity index is 638. The highest BCUT2D eigenvalue weighted by Crippen LogP contribution is 2.26. The smallest absolute Gasteiger partial charge is 0.246 e. The standard InChI is InChI=1S/C14H22N4O3S/c1-4-7-15-14(19)12-5-8-18(9-6-12)22(20,21)13-10(2)16-17-11(13)3/h4,12H,1,5-9H2,2-3H3,(H,15,19)(H,16,17). The molecule has 0 aliphatic carbocycles. The second-order valence-electron chi connectivity index (χ2n) is 5.48. The van der Waals surface area contributed by atoms with Crippen molar-refractivity contribution < 1.29 is 13.2 Å². The summed E-state index contributed by atoms with van der Waals surface area (Å²) >= 11 is 0. The molecule has 0 radical (unpaired) electrons. The first-order valence-electron chi connectivity index (χ1n) is 7.28. The normalized spacial score (nSPS) is 17.4. The van der Waals surface area contributed by atoms with Gasteiger partial charge in [-0.05, 0) is 26.7 Å². The summed E-state index contributed by atoms with van der Waals surface area (Å²) in [5.74, 6) is -0.175. The highest BCUT2D eigenvalue weighted by Gasteiger charge is 2.34. The summed E-state index contributed by atoms with van der Waals surface area (Å²) < 4.78 is 26.8. The number of H-pyrrole nitrogens is 1. The number of sulfonamides is 1. The molecule has 1 aliphatic rings. The third-order valence-corrected chi connectivity index (χ3v) is 6.07. The maximum Gasteiger partial charge on any atom is 0.246 e. The number of carbonyl (C=O) groups is 1. The van der Waals surface area contributed by atoms with Crippen molar-refractivity contribution in [3.8, 4) is 0 Å². The van der Waals surface area contributed by atoms with Crippen LogP contribution in [0.2, 0.25) is 0 Å². The van der Waals surface area contributed by atoms with E-state index in [1.165, 1.54) is 4.31 Å². The summed E-state index contributed by atoms with van der Waals surface area (Å²) in [6.07, 6.45) is 2.68. The topological polar surface area (TPSA) is 95.2 Å². The fourth-order valence-corrected chi connectivity index (χ4v) is 4.53. The quantitative estimate of drug-likeness (QED) is 0.780. The molecule has 2 N–H and O–H groups in total. The molecule has 22 heavy (non-hydrogen) atoms. The Labute approximate surface area is 130 Å². The summed E-state index contributed by atoms with van der Waals surface area (Å²) in [5, 5.41) is 9.41. The van der Waals surface area contributed by atoms with E-state index < -0.39 is 10.0 Å². The zero-order valence-corrected chi connectivity index (χ0v) is 13.7. The molecule has 8 heteroatoms. The molecule has 122 valence electrons. The van der Waals surface area contributed by atoms with Gasteiger partial charge in [0.2, 0.25) is 15.9 Å². The van der Waals surface area contributed by atoms with Crippen molar-refractivity contribution >= 4 is 15.9 Å². The first-order chi connectivity index (χ1) is 10.4. The Hall–Kier alpha value is -1.67. The summed E-state index contributed by atoms with van der Waals surface area (Å²) in [6.45, 7) is 8.05. The number of piperidine rings is 1. The Morgan fingerprint density at radius 1 is 1.45 bits per heavy atom. The molecular formula is C14H22N4O3S. The van der Waals surface area contributed by atoms with Crippen molar-refractivity contribution in [2.24, 2.45) is 5.92 Å². The maximum absolute atomic E-state index is 12.7. The van der Waals surface area contributed by atoms with E-state index in [-0.39, 0.29) is 16.7 Å². The lowest BCUT2D eigenvalue weighted by atomic mass is 9.97. The molecule has 0 saturated carbocycles. The van der Waals surface area contributed by atoms with E-state index >= 15 is 0 Å². The van der Waals surface area contributed by atoms with E-state index in [4.69, 9.17) is 0 Å². The van der Waals surface area contributed by atoms with Crippen LogP contribution in [0.5, 0.6) is 0 Å². The van der Waals surface area contributed by atoms with E-state index in [9.17, 15) is 13.2 Å². The molecule has 1 aromatic rings. The van der Waals surface area contributed by atoms with Crippen LogP contribution in [-0.2, 0) is 14.8 Å². The van der Waals surface area contributed by atoms with Gasteiger partial charge in [-0.3, -0.25) is 9.89 Å². The predicted molar refractivity (Wildman–Crippen MR) is 82.8 cm³/mol. The maximum atomic E-state index is 12.7. The van der Waals surface area contributed by atoms with Crippen molar-refractivity contribution in [2.45, 2.75) is 31.6 Å². The molecule has 2 rings (SSSR count). The second kappa shape index (κ2) is 6.62. The molecule has 1 fully saturated rings. The molecule has 1 aliphatic heterocycles. The van der Waals surface area contributed by atoms with E-state index in [0.717, 1.165) is 0 Å². The van der Waals surface area contributed by atoms with Crippen LogP contribution in [-0.4, -0.2) is 48.5 Å². The molecule has 7 nitrogen and oxygen atoms in total. The van der Waals surface area contributed by atoms with E-state index in [2.05, 4.69) is 22.1 Å². The zero-order chi connectivity index (χ0) is 16.3. The lowest BCUT2D eigenvalue weighted by molar-refractivity contribution is -0.125. The molecule has 1 aromatic heterocycles. The average Bonchev–Trinajstić information content (AvgIpc) is 2.84. The number of hydrogen-bond acceptors (Lipinski definition) is 4. The summed E-state index contributed by atoms with van der Waals surface area (Å²) in [5.41, 5.74) is 1.02. The van der Waals surface area contributed by atoms with Crippen molar-refractivity contribution in [1.82, 2.24) is 19.8 Å². The van der Waals surface area contributed by atoms with Crippen LogP contribution < -0.4 is 5.32 Å². The fourth-order valence-electron chi connectivity index (χ4n) is 2.73. The first kappa shape index (κ1) is 16.7. The van der Waals surface area contributed by atoms with Crippen LogP contribution in [0.4, 0.5) is 0 Å². The van der Waals surface area contributed by atoms with Crippen LogP contribution >= 0.6 is 0 Å². The van der Waals surface area contributed by atoms with Crippen LogP contribution in [0.3, 0.4) is 0 Å². The minimum Gasteiger partial charge on any atom is -0.352 e. The lowest BCUT2D eigenvalue weighted by Crippen LogP contribution is -2.43. The van der Waals surface area contributed by atoms with Crippen molar-refractivity contribution in [3.05, 3.63) is 24.0 Å². The van der Waals surface area contributed by atoms with Gasteiger partial charge < -0.3 is 5.32 Å². The van der Waals surface area contributed by atoms with Crippen LogP contribution in [0, 0.1) is 19.8 Å². The molecule has 0 aromatic carbocycles. The van der Waals surface area contributed by atoms with Gasteiger partial charge in [0, 0.05) is 25.6 Å². The number of aryl methyl sites for hydroxylation is 2. The fraction of sp³-hybridized carbons (Fsp3) is 0.571. The monoisotopic (exact) mass is 326 g/mol. The highest BCUT2D eigenvalue weighted by molar-refractivity contribution is 7.89. The average molecular weight is 326 g/mol. The van der Waals surface area contributed by atoms with Gasteiger partial charge in [0.1, 0.15) is 4.90 Å². The summed E-state index contributed by atoms with van der Waals surface area (Å²) in [4.78, 5) is 12.2. The zero-order valence-electron chi connectivity index (χ0n) is 12.9. The lowest BCUT2D eigenvalue weighted by Gasteiger charge is -2.30. The van der Waals surface area contributed by atoms with E-state index in [1.54, 1.807) is 19.9 Å². The second-order valence-corrected chi connectivity index (χ2v) is 7.35. The minimum absolute atomic E-state index is 0.0346. The Balaban J connectivity index is 2.05. The minimum atomic E-state index is -3.55. The van der Waals surface area contributed by atoms with Gasteiger partial charge >= 0.3 is 0 Å². The van der Waals surface area contributed by atoms with Crippen LogP contribution in [0.1, 0.15) is 24.2 Å². The molecular weight excluding hydrogens is 304 g/mol. The number of carbonyl (C=O) groups excluding carboxylic acids is 1. The van der Waals surface area contributed by atoms with Crippen molar-refractivity contribution in [1.29, 1.82) is 0 Å². The Kier molecular flexibility index (Phi) is 5.02. The Morgan fingerprint density at radius 2 is 2.09 bits per heavy atom. The van der Waals surface area contributed by atoms with Gasteiger partial charge in [-0.2, -0.15) is 9.40 Å². The predicted octanol–water partition coefficient (Wildman–Crippen LogP) is 0.729. The largest absolute Gasteiger partial charge is 0.352 e. The summed E-state index contributed by atoms with van der Waals surface area (Å²) in [7, 11) is -3.55. The van der Waals surface area contributed by atoms with Gasteiger partial charge in [-0.15, -0.1) is 6.58 Å². The van der Waals surface area contributed by atoms with E-state index in [0.29, 0.717) is 43.9 Å². The highest BCUT2D eigenvalue weighted by atomic mass is 32.2. The number of hydrogen-bond donors (Lipinski definition) is 2. The number of nitrogens with one attached hydrogen (secondary N) is 2. The first-order valence-corrected chi connectivity index (χ1v) is 8.72. The molecule has 0 unspecified atom stereocenters. The van der Waals surface area contributed by atoms with Crippen LogP contribution in [0.25, 0.3) is 0 Å². The third-order valence-electron chi connectivity index (χ3n) is 3.90. The number of rotatable bonds is 5. The number of aromatic nitrogens is 2.